The van der Waals surface area contributed by atoms with Crippen molar-refractivity contribution in [1.82, 2.24) is 20.3 Å². The van der Waals surface area contributed by atoms with Gasteiger partial charge in [-0.15, -0.1) is 0 Å². The molecule has 7 heteroatoms. The van der Waals surface area contributed by atoms with Crippen LogP contribution < -0.4 is 10.1 Å². The van der Waals surface area contributed by atoms with Gasteiger partial charge in [0, 0.05) is 29.7 Å². The summed E-state index contributed by atoms with van der Waals surface area (Å²) in [4.78, 5) is 26.5. The summed E-state index contributed by atoms with van der Waals surface area (Å²) in [6, 6.07) is 9.62. The Morgan fingerprint density at radius 3 is 2.72 bits per heavy atom. The molecular formula is C25H27FN4O2. The molecule has 1 N–H and O–H groups in total. The number of para-hydroxylation sites is 1. The smallest absolute Gasteiger partial charge is 0.261 e. The van der Waals surface area contributed by atoms with Crippen molar-refractivity contribution in [3.05, 3.63) is 72.1 Å². The number of nitrogens with one attached hydrogen (secondary N) is 1. The summed E-state index contributed by atoms with van der Waals surface area (Å²) in [6.07, 6.45) is 6.39. The van der Waals surface area contributed by atoms with Crippen LogP contribution in [0.15, 0.2) is 55.0 Å². The fourth-order valence-corrected chi connectivity index (χ4v) is 4.10. The van der Waals surface area contributed by atoms with Crippen molar-refractivity contribution in [3.63, 3.8) is 0 Å². The molecule has 0 unspecified atom stereocenters. The quantitative estimate of drug-likeness (QED) is 0.610. The van der Waals surface area contributed by atoms with Crippen molar-refractivity contribution in [2.45, 2.75) is 52.2 Å². The highest BCUT2D eigenvalue weighted by Gasteiger charge is 2.35. The van der Waals surface area contributed by atoms with Crippen LogP contribution in [-0.2, 0) is 11.2 Å². The molecule has 0 fully saturated rings. The molecule has 1 aromatic carbocycles. The number of aromatic nitrogens is 3. The predicted octanol–water partition coefficient (Wildman–Crippen LogP) is 4.67. The molecule has 6 nitrogen and oxygen atoms in total. The molecular weight excluding hydrogens is 407 g/mol. The second-order valence-electron chi connectivity index (χ2n) is 8.88. The molecule has 4 rings (SSSR count). The van der Waals surface area contributed by atoms with Crippen LogP contribution in [0.1, 0.15) is 50.9 Å². The van der Waals surface area contributed by atoms with Gasteiger partial charge in [-0.3, -0.25) is 9.78 Å². The van der Waals surface area contributed by atoms with Crippen molar-refractivity contribution in [2.75, 3.05) is 0 Å². The number of pyridine rings is 1. The van der Waals surface area contributed by atoms with Crippen LogP contribution in [0.25, 0.3) is 11.4 Å². The molecule has 1 amide bonds. The lowest BCUT2D eigenvalue weighted by molar-refractivity contribution is -0.129. The van der Waals surface area contributed by atoms with Crippen molar-refractivity contribution < 1.29 is 13.9 Å². The van der Waals surface area contributed by atoms with Crippen LogP contribution in [-0.4, -0.2) is 27.0 Å². The monoisotopic (exact) mass is 434 g/mol. The van der Waals surface area contributed by atoms with Crippen LogP contribution in [0.5, 0.6) is 5.75 Å². The van der Waals surface area contributed by atoms with Crippen LogP contribution in [0.3, 0.4) is 0 Å². The minimum atomic E-state index is -0.794. The van der Waals surface area contributed by atoms with Gasteiger partial charge in [0.05, 0.1) is 11.7 Å². The van der Waals surface area contributed by atoms with Crippen molar-refractivity contribution in [1.29, 1.82) is 0 Å². The van der Waals surface area contributed by atoms with E-state index in [2.05, 4.69) is 29.1 Å². The molecule has 0 saturated heterocycles. The Labute approximate surface area is 187 Å². The lowest BCUT2D eigenvalue weighted by Crippen LogP contribution is -2.43. The van der Waals surface area contributed by atoms with Gasteiger partial charge < -0.3 is 10.1 Å². The summed E-state index contributed by atoms with van der Waals surface area (Å²) in [5.41, 5.74) is 2.69. The van der Waals surface area contributed by atoms with Crippen molar-refractivity contribution >= 4 is 5.91 Å². The van der Waals surface area contributed by atoms with Crippen LogP contribution in [0.4, 0.5) is 4.39 Å². The van der Waals surface area contributed by atoms with E-state index in [0.29, 0.717) is 12.2 Å². The molecule has 3 aromatic rings. The number of amides is 1. The van der Waals surface area contributed by atoms with E-state index in [9.17, 15) is 9.18 Å². The van der Waals surface area contributed by atoms with E-state index in [1.807, 2.05) is 19.1 Å². The highest BCUT2D eigenvalue weighted by molar-refractivity contribution is 5.81. The Hall–Kier alpha value is -3.35. The third-order valence-electron chi connectivity index (χ3n) is 5.70. The molecule has 2 heterocycles. The van der Waals surface area contributed by atoms with E-state index < -0.39 is 11.9 Å². The summed E-state index contributed by atoms with van der Waals surface area (Å²) < 4.78 is 19.7. The third-order valence-corrected chi connectivity index (χ3v) is 5.70. The van der Waals surface area contributed by atoms with Gasteiger partial charge in [-0.2, -0.15) is 0 Å². The Bertz CT molecular complexity index is 1100. The molecule has 1 aliphatic carbocycles. The first kappa shape index (κ1) is 21.9. The van der Waals surface area contributed by atoms with E-state index >= 15 is 0 Å². The summed E-state index contributed by atoms with van der Waals surface area (Å²) in [5.74, 6) is -0.0463. The number of nitrogens with zero attached hydrogens (tertiary/aromatic N) is 3. The second-order valence-corrected chi connectivity index (χ2v) is 8.88. The van der Waals surface area contributed by atoms with Gasteiger partial charge >= 0.3 is 0 Å². The van der Waals surface area contributed by atoms with Gasteiger partial charge in [-0.05, 0) is 48.9 Å². The maximum atomic E-state index is 14.0. The Kier molecular flexibility index (Phi) is 6.17. The maximum absolute atomic E-state index is 14.0. The molecule has 2 atom stereocenters. The standard InChI is InChI=1S/C25H27FN4O2/c1-4-21(32-22-8-6-5-7-18(22)26)24(31)30-20-14-25(2,3)13-19-17(20)15-28-23(29-19)16-9-11-27-12-10-16/h5-12,15,20-21H,4,13-14H2,1-3H3,(H,30,31)/t20-,21-/m1/s1. The fourth-order valence-electron chi connectivity index (χ4n) is 4.10. The minimum Gasteiger partial charge on any atom is -0.478 e. The maximum Gasteiger partial charge on any atom is 0.261 e. The van der Waals surface area contributed by atoms with E-state index in [1.165, 1.54) is 12.1 Å². The van der Waals surface area contributed by atoms with Crippen LogP contribution in [0, 0.1) is 11.2 Å². The Balaban J connectivity index is 1.57. The third kappa shape index (κ3) is 4.77. The number of halogens is 1. The number of carbonyl (C=O) groups is 1. The summed E-state index contributed by atoms with van der Waals surface area (Å²) in [5, 5.41) is 3.10. The van der Waals surface area contributed by atoms with Gasteiger partial charge in [-0.1, -0.05) is 32.9 Å². The second kappa shape index (κ2) is 9.02. The number of benzene rings is 1. The minimum absolute atomic E-state index is 0.0527. The van der Waals surface area contributed by atoms with Crippen molar-refractivity contribution in [2.24, 2.45) is 5.41 Å². The first-order valence-electron chi connectivity index (χ1n) is 10.8. The zero-order valence-corrected chi connectivity index (χ0v) is 18.5. The molecule has 166 valence electrons. The molecule has 32 heavy (non-hydrogen) atoms. The number of rotatable bonds is 6. The normalized spacial score (nSPS) is 17.8. The molecule has 0 aliphatic heterocycles. The highest BCUT2D eigenvalue weighted by atomic mass is 19.1. The lowest BCUT2D eigenvalue weighted by Gasteiger charge is -2.37. The topological polar surface area (TPSA) is 77.0 Å². The van der Waals surface area contributed by atoms with E-state index in [0.717, 1.165) is 29.7 Å². The first-order chi connectivity index (χ1) is 15.4. The van der Waals surface area contributed by atoms with Crippen LogP contribution in [0.2, 0.25) is 0 Å². The van der Waals surface area contributed by atoms with Crippen LogP contribution >= 0.6 is 0 Å². The van der Waals surface area contributed by atoms with E-state index in [4.69, 9.17) is 9.72 Å². The zero-order valence-electron chi connectivity index (χ0n) is 18.5. The van der Waals surface area contributed by atoms with Gasteiger partial charge in [0.25, 0.3) is 5.91 Å². The highest BCUT2D eigenvalue weighted by Crippen LogP contribution is 2.40. The average Bonchev–Trinajstić information content (AvgIpc) is 2.78. The molecule has 0 spiro atoms. The van der Waals surface area contributed by atoms with Gasteiger partial charge in [0.2, 0.25) is 0 Å². The number of ether oxygens (including phenoxy) is 1. The van der Waals surface area contributed by atoms with Gasteiger partial charge in [-0.25, -0.2) is 14.4 Å². The molecule has 2 aromatic heterocycles. The van der Waals surface area contributed by atoms with E-state index in [1.54, 1.807) is 30.7 Å². The lowest BCUT2D eigenvalue weighted by atomic mass is 9.74. The zero-order chi connectivity index (χ0) is 22.7. The summed E-state index contributed by atoms with van der Waals surface area (Å²) in [6.45, 7) is 6.17. The van der Waals surface area contributed by atoms with Gasteiger partial charge in [0.1, 0.15) is 0 Å². The number of hydrogen-bond donors (Lipinski definition) is 1. The largest absolute Gasteiger partial charge is 0.478 e. The first-order valence-corrected chi connectivity index (χ1v) is 10.8. The summed E-state index contributed by atoms with van der Waals surface area (Å²) >= 11 is 0. The number of fused-ring (bicyclic) bond motifs is 1. The Morgan fingerprint density at radius 1 is 1.25 bits per heavy atom. The average molecular weight is 435 g/mol. The van der Waals surface area contributed by atoms with Gasteiger partial charge in [0.15, 0.2) is 23.5 Å². The van der Waals surface area contributed by atoms with Crippen molar-refractivity contribution in [3.8, 4) is 17.1 Å². The molecule has 0 saturated carbocycles. The number of carbonyl (C=O) groups excluding carboxylic acids is 1. The predicted molar refractivity (Wildman–Crippen MR) is 119 cm³/mol. The summed E-state index contributed by atoms with van der Waals surface area (Å²) in [7, 11) is 0. The fraction of sp³-hybridized carbons (Fsp3) is 0.360. The van der Waals surface area contributed by atoms with E-state index in [-0.39, 0.29) is 23.1 Å². The Morgan fingerprint density at radius 2 is 2.00 bits per heavy atom. The molecule has 1 aliphatic rings. The molecule has 0 radical (unpaired) electrons. The SMILES string of the molecule is CC[C@@H](Oc1ccccc1F)C(=O)N[C@@H]1CC(C)(C)Cc2nc(-c3ccncc3)ncc21. The molecule has 0 bridgehead atoms. The number of hydrogen-bond acceptors (Lipinski definition) is 5.